The molecule has 1 rings (SSSR count). The van der Waals surface area contributed by atoms with Crippen molar-refractivity contribution in [1.29, 1.82) is 0 Å². The molecule has 4 nitrogen and oxygen atoms in total. The number of hydrogen-bond acceptors (Lipinski definition) is 2. The molecule has 0 spiro atoms. The predicted molar refractivity (Wildman–Crippen MR) is 77.1 cm³/mol. The van der Waals surface area contributed by atoms with Crippen molar-refractivity contribution >= 4 is 29.1 Å². The molecule has 2 N–H and O–H groups in total. The van der Waals surface area contributed by atoms with Crippen molar-refractivity contribution in [2.24, 2.45) is 5.41 Å². The Balaban J connectivity index is 2.83. The fourth-order valence-electron chi connectivity index (χ4n) is 1.41. The molecule has 0 bridgehead atoms. The molecule has 0 unspecified atom stereocenters. The van der Waals surface area contributed by atoms with Gasteiger partial charge >= 0.3 is 0 Å². The second-order valence-electron chi connectivity index (χ2n) is 5.34. The first-order valence-corrected chi connectivity index (χ1v) is 6.60. The SMILES string of the molecule is CC(C)NC(=O)C(C)(C)C(=O)Nc1ccc(F)c(Cl)c1. The smallest absolute Gasteiger partial charge is 0.239 e. The van der Waals surface area contributed by atoms with Gasteiger partial charge in [-0.1, -0.05) is 11.6 Å². The molecular weight excluding hydrogens is 283 g/mol. The highest BCUT2D eigenvalue weighted by atomic mass is 35.5. The van der Waals surface area contributed by atoms with Crippen LogP contribution in [0, 0.1) is 11.2 Å². The van der Waals surface area contributed by atoms with Gasteiger partial charge in [-0.2, -0.15) is 0 Å². The lowest BCUT2D eigenvalue weighted by atomic mass is 9.90. The predicted octanol–water partition coefficient (Wildman–Crippen LogP) is 2.97. The van der Waals surface area contributed by atoms with Crippen LogP contribution in [-0.2, 0) is 9.59 Å². The topological polar surface area (TPSA) is 58.2 Å². The highest BCUT2D eigenvalue weighted by Gasteiger charge is 2.36. The first-order chi connectivity index (χ1) is 9.14. The van der Waals surface area contributed by atoms with E-state index >= 15 is 0 Å². The van der Waals surface area contributed by atoms with Gasteiger partial charge in [0, 0.05) is 11.7 Å². The number of amides is 2. The molecule has 0 aromatic heterocycles. The minimum absolute atomic E-state index is 0.0603. The number of halogens is 2. The summed E-state index contributed by atoms with van der Waals surface area (Å²) in [4.78, 5) is 24.1. The first-order valence-electron chi connectivity index (χ1n) is 6.22. The Labute approximate surface area is 122 Å². The molecule has 0 saturated carbocycles. The van der Waals surface area contributed by atoms with Gasteiger partial charge in [-0.25, -0.2) is 4.39 Å². The van der Waals surface area contributed by atoms with Gasteiger partial charge in [0.05, 0.1) is 5.02 Å². The number of anilines is 1. The largest absolute Gasteiger partial charge is 0.353 e. The fourth-order valence-corrected chi connectivity index (χ4v) is 1.59. The van der Waals surface area contributed by atoms with E-state index in [2.05, 4.69) is 10.6 Å². The Morgan fingerprint density at radius 2 is 1.85 bits per heavy atom. The maximum Gasteiger partial charge on any atom is 0.239 e. The zero-order valence-electron chi connectivity index (χ0n) is 11.9. The number of benzene rings is 1. The van der Waals surface area contributed by atoms with E-state index in [-0.39, 0.29) is 17.0 Å². The van der Waals surface area contributed by atoms with Crippen molar-refractivity contribution in [3.8, 4) is 0 Å². The molecule has 1 aromatic carbocycles. The van der Waals surface area contributed by atoms with E-state index in [4.69, 9.17) is 11.6 Å². The summed E-state index contributed by atoms with van der Waals surface area (Å²) in [5, 5.41) is 5.15. The van der Waals surface area contributed by atoms with Crippen LogP contribution in [0.25, 0.3) is 0 Å². The minimum Gasteiger partial charge on any atom is -0.353 e. The van der Waals surface area contributed by atoms with Crippen molar-refractivity contribution in [1.82, 2.24) is 5.32 Å². The molecule has 0 aliphatic heterocycles. The molecule has 20 heavy (non-hydrogen) atoms. The maximum absolute atomic E-state index is 13.0. The van der Waals surface area contributed by atoms with E-state index < -0.39 is 17.1 Å². The van der Waals surface area contributed by atoms with Crippen LogP contribution < -0.4 is 10.6 Å². The zero-order valence-corrected chi connectivity index (χ0v) is 12.6. The Morgan fingerprint density at radius 3 is 2.35 bits per heavy atom. The van der Waals surface area contributed by atoms with E-state index in [1.54, 1.807) is 0 Å². The van der Waals surface area contributed by atoms with Gasteiger partial charge in [0.1, 0.15) is 11.2 Å². The summed E-state index contributed by atoms with van der Waals surface area (Å²) in [5.41, 5.74) is -0.905. The van der Waals surface area contributed by atoms with Crippen molar-refractivity contribution in [2.45, 2.75) is 33.7 Å². The average molecular weight is 301 g/mol. The van der Waals surface area contributed by atoms with E-state index in [1.807, 2.05) is 13.8 Å². The van der Waals surface area contributed by atoms with E-state index in [0.29, 0.717) is 5.69 Å². The van der Waals surface area contributed by atoms with Crippen LogP contribution in [0.15, 0.2) is 18.2 Å². The number of nitrogens with one attached hydrogen (secondary N) is 2. The standard InChI is InChI=1S/C14H18ClFN2O2/c1-8(2)17-12(19)14(3,4)13(20)18-9-5-6-11(16)10(15)7-9/h5-8H,1-4H3,(H,17,19)(H,18,20). The Hall–Kier alpha value is -1.62. The highest BCUT2D eigenvalue weighted by Crippen LogP contribution is 2.23. The molecule has 6 heteroatoms. The van der Waals surface area contributed by atoms with E-state index in [0.717, 1.165) is 6.07 Å². The molecule has 0 saturated heterocycles. The molecular formula is C14H18ClFN2O2. The van der Waals surface area contributed by atoms with Crippen LogP contribution in [0.4, 0.5) is 10.1 Å². The third kappa shape index (κ3) is 3.93. The summed E-state index contributed by atoms with van der Waals surface area (Å²) in [6, 6.07) is 3.77. The molecule has 0 fully saturated rings. The van der Waals surface area contributed by atoms with E-state index in [1.165, 1.54) is 26.0 Å². The van der Waals surface area contributed by atoms with Crippen molar-refractivity contribution < 1.29 is 14.0 Å². The van der Waals surface area contributed by atoms with Crippen LogP contribution >= 0.6 is 11.6 Å². The van der Waals surface area contributed by atoms with Gasteiger partial charge in [-0.3, -0.25) is 9.59 Å². The molecule has 110 valence electrons. The van der Waals surface area contributed by atoms with Crippen molar-refractivity contribution in [3.05, 3.63) is 29.0 Å². The van der Waals surface area contributed by atoms with Crippen LogP contribution in [0.3, 0.4) is 0 Å². The van der Waals surface area contributed by atoms with Gasteiger partial charge < -0.3 is 10.6 Å². The van der Waals surface area contributed by atoms with Crippen LogP contribution in [-0.4, -0.2) is 17.9 Å². The molecule has 0 heterocycles. The van der Waals surface area contributed by atoms with Crippen LogP contribution in [0.1, 0.15) is 27.7 Å². The average Bonchev–Trinajstić information content (AvgIpc) is 2.32. The molecule has 0 atom stereocenters. The summed E-state index contributed by atoms with van der Waals surface area (Å²) in [6.45, 7) is 6.66. The van der Waals surface area contributed by atoms with Gasteiger partial charge in [-0.15, -0.1) is 0 Å². The maximum atomic E-state index is 13.0. The summed E-state index contributed by atoms with van der Waals surface area (Å²) in [5.74, 6) is -1.43. The third-order valence-corrected chi connectivity index (χ3v) is 3.02. The second-order valence-corrected chi connectivity index (χ2v) is 5.74. The lowest BCUT2D eigenvalue weighted by Crippen LogP contribution is -2.47. The first kappa shape index (κ1) is 16.4. The molecule has 2 amide bonds. The number of rotatable bonds is 4. The van der Waals surface area contributed by atoms with Crippen LogP contribution in [0.5, 0.6) is 0 Å². The Bertz CT molecular complexity index is 530. The molecule has 1 aromatic rings. The van der Waals surface area contributed by atoms with Crippen molar-refractivity contribution in [3.63, 3.8) is 0 Å². The Kier molecular flexibility index (Phi) is 5.11. The summed E-state index contributed by atoms with van der Waals surface area (Å²) < 4.78 is 13.0. The molecule has 0 aliphatic carbocycles. The van der Waals surface area contributed by atoms with Gasteiger partial charge in [-0.05, 0) is 45.9 Å². The van der Waals surface area contributed by atoms with Crippen molar-refractivity contribution in [2.75, 3.05) is 5.32 Å². The summed E-state index contributed by atoms with van der Waals surface area (Å²) >= 11 is 5.64. The number of carbonyl (C=O) groups is 2. The summed E-state index contributed by atoms with van der Waals surface area (Å²) in [6.07, 6.45) is 0. The second kappa shape index (κ2) is 6.22. The fraction of sp³-hybridized carbons (Fsp3) is 0.429. The van der Waals surface area contributed by atoms with Gasteiger partial charge in [0.15, 0.2) is 0 Å². The quantitative estimate of drug-likeness (QED) is 0.840. The summed E-state index contributed by atoms with van der Waals surface area (Å²) in [7, 11) is 0. The van der Waals surface area contributed by atoms with Gasteiger partial charge in [0.2, 0.25) is 11.8 Å². The van der Waals surface area contributed by atoms with E-state index in [9.17, 15) is 14.0 Å². The highest BCUT2D eigenvalue weighted by molar-refractivity contribution is 6.31. The number of carbonyl (C=O) groups excluding carboxylic acids is 2. The zero-order chi connectivity index (χ0) is 15.5. The lowest BCUT2D eigenvalue weighted by Gasteiger charge is -2.24. The third-order valence-electron chi connectivity index (χ3n) is 2.73. The Morgan fingerprint density at radius 1 is 1.25 bits per heavy atom. The molecule has 0 radical (unpaired) electrons. The molecule has 0 aliphatic rings. The number of hydrogen-bond donors (Lipinski definition) is 2. The van der Waals surface area contributed by atoms with Gasteiger partial charge in [0.25, 0.3) is 0 Å². The lowest BCUT2D eigenvalue weighted by molar-refractivity contribution is -0.138. The normalized spacial score (nSPS) is 11.3. The van der Waals surface area contributed by atoms with Crippen LogP contribution in [0.2, 0.25) is 5.02 Å². The minimum atomic E-state index is -1.24. The monoisotopic (exact) mass is 300 g/mol.